The second-order valence-electron chi connectivity index (χ2n) is 1.88. The summed E-state index contributed by atoms with van der Waals surface area (Å²) in [5, 5.41) is -0.120. The fraction of sp³-hybridized carbons (Fsp3) is 0. The summed E-state index contributed by atoms with van der Waals surface area (Å²) in [5.74, 6) is 0. The van der Waals surface area contributed by atoms with Crippen molar-refractivity contribution in [1.82, 2.24) is 4.98 Å². The highest BCUT2D eigenvalue weighted by atomic mass is 32.2. The van der Waals surface area contributed by atoms with Crippen LogP contribution in [0.1, 0.15) is 0 Å². The van der Waals surface area contributed by atoms with Gasteiger partial charge in [-0.25, -0.2) is 4.98 Å². The summed E-state index contributed by atoms with van der Waals surface area (Å²) in [6.07, 6.45) is 2.23. The molecule has 0 aliphatic carbocycles. The summed E-state index contributed by atoms with van der Waals surface area (Å²) >= 11 is 0. The summed E-state index contributed by atoms with van der Waals surface area (Å²) < 4.78 is 26.4. The second-order valence-corrected chi connectivity index (χ2v) is 3.40. The zero-order chi connectivity index (χ0) is 9.03. The van der Waals surface area contributed by atoms with Gasteiger partial charge in [-0.1, -0.05) is 12.6 Å². The lowest BCUT2D eigenvalue weighted by Crippen LogP contribution is -2.03. The highest BCUT2D eigenvalue weighted by Gasteiger charge is 2.13. The molecule has 0 N–H and O–H groups in total. The van der Waals surface area contributed by atoms with Crippen LogP contribution < -0.4 is 0 Å². The Kier molecular flexibility index (Phi) is 2.44. The highest BCUT2D eigenvalue weighted by Crippen LogP contribution is 2.07. The molecule has 0 saturated heterocycles. The molecule has 0 spiro atoms. The predicted molar refractivity (Wildman–Crippen MR) is 42.7 cm³/mol. The largest absolute Gasteiger partial charge is 0.386 e. The second kappa shape index (κ2) is 3.36. The van der Waals surface area contributed by atoms with Crippen molar-refractivity contribution in [3.63, 3.8) is 0 Å². The zero-order valence-electron chi connectivity index (χ0n) is 6.17. The van der Waals surface area contributed by atoms with E-state index in [9.17, 15) is 8.42 Å². The van der Waals surface area contributed by atoms with Crippen LogP contribution in [-0.4, -0.2) is 13.4 Å². The van der Waals surface area contributed by atoms with E-state index in [2.05, 4.69) is 15.7 Å². The maximum atomic E-state index is 11.1. The molecule has 0 bridgehead atoms. The van der Waals surface area contributed by atoms with Crippen LogP contribution in [0.15, 0.2) is 42.3 Å². The maximum absolute atomic E-state index is 11.1. The first-order valence-electron chi connectivity index (χ1n) is 3.12. The van der Waals surface area contributed by atoms with Crippen molar-refractivity contribution in [1.29, 1.82) is 0 Å². The summed E-state index contributed by atoms with van der Waals surface area (Å²) in [4.78, 5) is 3.61. The first-order valence-corrected chi connectivity index (χ1v) is 4.53. The van der Waals surface area contributed by atoms with E-state index in [1.54, 1.807) is 12.1 Å². The van der Waals surface area contributed by atoms with E-state index in [0.717, 1.165) is 6.26 Å². The minimum Gasteiger partial charge on any atom is -0.386 e. The quantitative estimate of drug-likeness (QED) is 0.519. The number of pyridine rings is 1. The molecule has 0 fully saturated rings. The SMILES string of the molecule is C=COS(=O)(=O)c1ccccn1. The molecule has 0 amide bonds. The van der Waals surface area contributed by atoms with E-state index >= 15 is 0 Å². The molecular weight excluding hydrogens is 178 g/mol. The van der Waals surface area contributed by atoms with Crippen LogP contribution >= 0.6 is 0 Å². The Bertz CT molecular complexity index is 357. The molecule has 0 aromatic carbocycles. The van der Waals surface area contributed by atoms with Crippen LogP contribution in [0.3, 0.4) is 0 Å². The number of hydrogen-bond acceptors (Lipinski definition) is 4. The van der Waals surface area contributed by atoms with E-state index in [-0.39, 0.29) is 5.03 Å². The lowest BCUT2D eigenvalue weighted by Gasteiger charge is -1.99. The Hall–Kier alpha value is -1.36. The molecule has 4 nitrogen and oxygen atoms in total. The van der Waals surface area contributed by atoms with Gasteiger partial charge in [0.15, 0.2) is 5.03 Å². The van der Waals surface area contributed by atoms with Crippen molar-refractivity contribution < 1.29 is 12.6 Å². The molecule has 1 rings (SSSR count). The maximum Gasteiger partial charge on any atom is 0.356 e. The lowest BCUT2D eigenvalue weighted by atomic mass is 10.5. The molecule has 1 aromatic rings. The van der Waals surface area contributed by atoms with Crippen molar-refractivity contribution in [2.45, 2.75) is 5.03 Å². The van der Waals surface area contributed by atoms with Gasteiger partial charge in [-0.2, -0.15) is 8.42 Å². The predicted octanol–water partition coefficient (Wildman–Crippen LogP) is 0.930. The van der Waals surface area contributed by atoms with Crippen LogP contribution in [0.2, 0.25) is 0 Å². The van der Waals surface area contributed by atoms with E-state index in [4.69, 9.17) is 0 Å². The smallest absolute Gasteiger partial charge is 0.356 e. The average Bonchev–Trinajstić information content (AvgIpc) is 2.06. The van der Waals surface area contributed by atoms with E-state index < -0.39 is 10.1 Å². The Morgan fingerprint density at radius 2 is 2.25 bits per heavy atom. The topological polar surface area (TPSA) is 56.3 Å². The Labute approximate surface area is 70.6 Å². The molecule has 0 unspecified atom stereocenters. The monoisotopic (exact) mass is 185 g/mol. The van der Waals surface area contributed by atoms with Gasteiger partial charge in [-0.05, 0) is 12.1 Å². The number of hydrogen-bond donors (Lipinski definition) is 0. The van der Waals surface area contributed by atoms with Crippen molar-refractivity contribution >= 4 is 10.1 Å². The van der Waals surface area contributed by atoms with Crippen molar-refractivity contribution in [3.05, 3.63) is 37.2 Å². The minimum absolute atomic E-state index is 0.120. The summed E-state index contributed by atoms with van der Waals surface area (Å²) in [7, 11) is -3.74. The summed E-state index contributed by atoms with van der Waals surface area (Å²) in [6, 6.07) is 4.53. The van der Waals surface area contributed by atoms with Crippen molar-refractivity contribution in [3.8, 4) is 0 Å². The van der Waals surface area contributed by atoms with Crippen LogP contribution in [0.25, 0.3) is 0 Å². The molecule has 0 saturated carbocycles. The molecule has 0 atom stereocenters. The first kappa shape index (κ1) is 8.73. The summed E-state index contributed by atoms with van der Waals surface area (Å²) in [5.41, 5.74) is 0. The van der Waals surface area contributed by atoms with E-state index in [1.165, 1.54) is 12.3 Å². The molecule has 12 heavy (non-hydrogen) atoms. The Balaban J connectivity index is 3.07. The molecule has 1 heterocycles. The van der Waals surface area contributed by atoms with E-state index in [1.807, 2.05) is 0 Å². The highest BCUT2D eigenvalue weighted by molar-refractivity contribution is 7.86. The van der Waals surface area contributed by atoms with Crippen molar-refractivity contribution in [2.24, 2.45) is 0 Å². The summed E-state index contributed by atoms with van der Waals surface area (Å²) in [6.45, 7) is 3.14. The molecule has 0 aliphatic heterocycles. The van der Waals surface area contributed by atoms with Gasteiger partial charge in [0, 0.05) is 6.20 Å². The average molecular weight is 185 g/mol. The third-order valence-electron chi connectivity index (χ3n) is 1.09. The van der Waals surface area contributed by atoms with Crippen molar-refractivity contribution in [2.75, 3.05) is 0 Å². The van der Waals surface area contributed by atoms with Crippen LogP contribution in [0.4, 0.5) is 0 Å². The van der Waals surface area contributed by atoms with Gasteiger partial charge in [0.1, 0.15) is 0 Å². The normalized spacial score (nSPS) is 10.7. The molecular formula is C7H7NO3S. The standard InChI is InChI=1S/C7H7NO3S/c1-2-11-12(9,10)7-5-3-4-6-8-7/h2-6H,1H2. The van der Waals surface area contributed by atoms with Gasteiger partial charge >= 0.3 is 10.1 Å². The Morgan fingerprint density at radius 3 is 2.75 bits per heavy atom. The third-order valence-corrected chi connectivity index (χ3v) is 2.23. The van der Waals surface area contributed by atoms with Crippen LogP contribution in [0.5, 0.6) is 0 Å². The fourth-order valence-electron chi connectivity index (χ4n) is 0.634. The number of nitrogens with zero attached hydrogens (tertiary/aromatic N) is 1. The molecule has 1 aromatic heterocycles. The van der Waals surface area contributed by atoms with Gasteiger partial charge in [-0.3, -0.25) is 0 Å². The molecule has 5 heteroatoms. The fourth-order valence-corrected chi connectivity index (χ4v) is 1.35. The van der Waals surface area contributed by atoms with Gasteiger partial charge < -0.3 is 4.18 Å². The molecule has 0 radical (unpaired) electrons. The van der Waals surface area contributed by atoms with E-state index in [0.29, 0.717) is 0 Å². The number of aromatic nitrogens is 1. The minimum atomic E-state index is -3.74. The van der Waals surface area contributed by atoms with Gasteiger partial charge in [0.05, 0.1) is 6.26 Å². The van der Waals surface area contributed by atoms with Crippen LogP contribution in [0, 0.1) is 0 Å². The molecule has 64 valence electrons. The van der Waals surface area contributed by atoms with Gasteiger partial charge in [0.25, 0.3) is 0 Å². The Morgan fingerprint density at radius 1 is 1.50 bits per heavy atom. The lowest BCUT2D eigenvalue weighted by molar-refractivity contribution is 0.441. The number of rotatable bonds is 3. The molecule has 0 aliphatic rings. The van der Waals surface area contributed by atoms with Gasteiger partial charge in [0.2, 0.25) is 0 Å². The third kappa shape index (κ3) is 1.82. The van der Waals surface area contributed by atoms with Gasteiger partial charge in [-0.15, -0.1) is 0 Å². The first-order chi connectivity index (χ1) is 5.67. The van der Waals surface area contributed by atoms with Crippen LogP contribution in [-0.2, 0) is 14.3 Å². The zero-order valence-corrected chi connectivity index (χ0v) is 6.99.